The van der Waals surface area contributed by atoms with Gasteiger partial charge in [-0.05, 0) is 24.5 Å². The Morgan fingerprint density at radius 1 is 1.44 bits per heavy atom. The molecule has 0 radical (unpaired) electrons. The van der Waals surface area contributed by atoms with Crippen molar-refractivity contribution in [1.29, 1.82) is 0 Å². The Balaban J connectivity index is 2.00. The number of amides is 1. The molecular formula is C14H16BrNO2. The SMILES string of the molecule is CC(CCBr)CNC(=O)c1cc2ccccc2o1. The van der Waals surface area contributed by atoms with Crippen molar-refractivity contribution in [2.45, 2.75) is 13.3 Å². The molecule has 1 amide bonds. The zero-order valence-electron chi connectivity index (χ0n) is 10.3. The van der Waals surface area contributed by atoms with E-state index in [1.807, 2.05) is 24.3 Å². The molecule has 0 saturated carbocycles. The number of halogens is 1. The van der Waals surface area contributed by atoms with E-state index in [2.05, 4.69) is 28.2 Å². The van der Waals surface area contributed by atoms with Crippen LogP contribution in [0.1, 0.15) is 23.9 Å². The number of alkyl halides is 1. The third kappa shape index (κ3) is 3.13. The van der Waals surface area contributed by atoms with Crippen LogP contribution in [0, 0.1) is 5.92 Å². The quantitative estimate of drug-likeness (QED) is 0.858. The number of nitrogens with one attached hydrogen (secondary N) is 1. The summed E-state index contributed by atoms with van der Waals surface area (Å²) in [7, 11) is 0. The summed E-state index contributed by atoms with van der Waals surface area (Å²) < 4.78 is 5.50. The highest BCUT2D eigenvalue weighted by atomic mass is 79.9. The lowest BCUT2D eigenvalue weighted by molar-refractivity contribution is 0.0922. The van der Waals surface area contributed by atoms with Gasteiger partial charge >= 0.3 is 0 Å². The molecule has 0 bridgehead atoms. The summed E-state index contributed by atoms with van der Waals surface area (Å²) >= 11 is 3.39. The van der Waals surface area contributed by atoms with E-state index in [0.29, 0.717) is 18.2 Å². The van der Waals surface area contributed by atoms with Gasteiger partial charge < -0.3 is 9.73 Å². The number of fused-ring (bicyclic) bond motifs is 1. The second kappa shape index (κ2) is 6.05. The van der Waals surface area contributed by atoms with Gasteiger partial charge in [0.05, 0.1) is 0 Å². The monoisotopic (exact) mass is 309 g/mol. The third-order valence-corrected chi connectivity index (χ3v) is 3.32. The molecule has 1 atom stereocenters. The summed E-state index contributed by atoms with van der Waals surface area (Å²) in [6, 6.07) is 9.39. The highest BCUT2D eigenvalue weighted by Gasteiger charge is 2.12. The van der Waals surface area contributed by atoms with Crippen LogP contribution >= 0.6 is 15.9 Å². The fraction of sp³-hybridized carbons (Fsp3) is 0.357. The van der Waals surface area contributed by atoms with Crippen molar-refractivity contribution in [3.63, 3.8) is 0 Å². The molecule has 0 aliphatic carbocycles. The normalized spacial score (nSPS) is 12.6. The number of para-hydroxylation sites is 1. The fourth-order valence-electron chi connectivity index (χ4n) is 1.74. The lowest BCUT2D eigenvalue weighted by Gasteiger charge is -2.09. The molecule has 4 heteroatoms. The average molecular weight is 310 g/mol. The van der Waals surface area contributed by atoms with Crippen LogP contribution in [0.4, 0.5) is 0 Å². The molecule has 0 aliphatic heterocycles. The summed E-state index contributed by atoms with van der Waals surface area (Å²) in [6.45, 7) is 2.78. The second-order valence-electron chi connectivity index (χ2n) is 4.44. The highest BCUT2D eigenvalue weighted by Crippen LogP contribution is 2.18. The first kappa shape index (κ1) is 13.1. The van der Waals surface area contributed by atoms with Crippen LogP contribution in [0.5, 0.6) is 0 Å². The molecule has 1 aromatic heterocycles. The molecule has 0 spiro atoms. The number of furan rings is 1. The molecule has 18 heavy (non-hydrogen) atoms. The first-order valence-corrected chi connectivity index (χ1v) is 7.15. The summed E-state index contributed by atoms with van der Waals surface area (Å²) in [4.78, 5) is 11.9. The van der Waals surface area contributed by atoms with Crippen LogP contribution in [-0.2, 0) is 0 Å². The Bertz CT molecular complexity index is 502. The molecule has 0 saturated heterocycles. The minimum atomic E-state index is -0.146. The van der Waals surface area contributed by atoms with Gasteiger partial charge in [0.1, 0.15) is 5.58 Å². The van der Waals surface area contributed by atoms with Gasteiger partial charge in [0.15, 0.2) is 5.76 Å². The number of rotatable bonds is 5. The van der Waals surface area contributed by atoms with Crippen LogP contribution in [0.25, 0.3) is 11.0 Å². The van der Waals surface area contributed by atoms with Crippen molar-refractivity contribution in [1.82, 2.24) is 5.32 Å². The lowest BCUT2D eigenvalue weighted by atomic mass is 10.1. The van der Waals surface area contributed by atoms with Crippen LogP contribution in [-0.4, -0.2) is 17.8 Å². The van der Waals surface area contributed by atoms with Gasteiger partial charge in [-0.2, -0.15) is 0 Å². The minimum absolute atomic E-state index is 0.146. The summed E-state index contributed by atoms with van der Waals surface area (Å²) in [6.07, 6.45) is 1.04. The predicted molar refractivity (Wildman–Crippen MR) is 76.1 cm³/mol. The highest BCUT2D eigenvalue weighted by molar-refractivity contribution is 9.09. The number of carbonyl (C=O) groups is 1. The number of benzene rings is 1. The Morgan fingerprint density at radius 2 is 2.22 bits per heavy atom. The van der Waals surface area contributed by atoms with E-state index < -0.39 is 0 Å². The number of hydrogen-bond acceptors (Lipinski definition) is 2. The van der Waals surface area contributed by atoms with E-state index in [1.54, 1.807) is 6.07 Å². The van der Waals surface area contributed by atoms with E-state index >= 15 is 0 Å². The maximum atomic E-state index is 11.9. The van der Waals surface area contributed by atoms with Crippen molar-refractivity contribution >= 4 is 32.8 Å². The average Bonchev–Trinajstić information content (AvgIpc) is 2.80. The van der Waals surface area contributed by atoms with E-state index in [0.717, 1.165) is 22.7 Å². The first-order valence-electron chi connectivity index (χ1n) is 6.03. The van der Waals surface area contributed by atoms with Crippen molar-refractivity contribution in [3.05, 3.63) is 36.1 Å². The van der Waals surface area contributed by atoms with E-state index in [9.17, 15) is 4.79 Å². The molecule has 96 valence electrons. The van der Waals surface area contributed by atoms with Crippen LogP contribution in [0.2, 0.25) is 0 Å². The first-order chi connectivity index (χ1) is 8.70. The molecule has 0 fully saturated rings. The van der Waals surface area contributed by atoms with Gasteiger partial charge in [-0.15, -0.1) is 0 Å². The maximum Gasteiger partial charge on any atom is 0.287 e. The molecule has 1 heterocycles. The van der Waals surface area contributed by atoms with Crippen LogP contribution in [0.15, 0.2) is 34.7 Å². The number of carbonyl (C=O) groups excluding carboxylic acids is 1. The van der Waals surface area contributed by atoms with Gasteiger partial charge in [-0.1, -0.05) is 41.1 Å². The molecule has 1 N–H and O–H groups in total. The van der Waals surface area contributed by atoms with Gasteiger partial charge in [0.2, 0.25) is 0 Å². The van der Waals surface area contributed by atoms with E-state index in [4.69, 9.17) is 4.42 Å². The summed E-state index contributed by atoms with van der Waals surface area (Å²) in [5, 5.41) is 4.80. The van der Waals surface area contributed by atoms with Gasteiger partial charge in [-0.25, -0.2) is 0 Å². The maximum absolute atomic E-state index is 11.9. The summed E-state index contributed by atoms with van der Waals surface area (Å²) in [5.41, 5.74) is 0.746. The minimum Gasteiger partial charge on any atom is -0.451 e. The van der Waals surface area contributed by atoms with Crippen molar-refractivity contribution < 1.29 is 9.21 Å². The second-order valence-corrected chi connectivity index (χ2v) is 5.23. The lowest BCUT2D eigenvalue weighted by Crippen LogP contribution is -2.28. The molecule has 3 nitrogen and oxygen atoms in total. The third-order valence-electron chi connectivity index (χ3n) is 2.86. The fourth-order valence-corrected chi connectivity index (χ4v) is 2.52. The van der Waals surface area contributed by atoms with E-state index in [-0.39, 0.29) is 5.91 Å². The Labute approximate surface area is 115 Å². The molecule has 1 unspecified atom stereocenters. The molecule has 0 aliphatic rings. The Kier molecular flexibility index (Phi) is 4.42. The predicted octanol–water partition coefficient (Wildman–Crippen LogP) is 3.58. The largest absolute Gasteiger partial charge is 0.451 e. The van der Waals surface area contributed by atoms with Gasteiger partial charge in [0.25, 0.3) is 5.91 Å². The zero-order chi connectivity index (χ0) is 13.0. The summed E-state index contributed by atoms with van der Waals surface area (Å²) in [5.74, 6) is 0.688. The zero-order valence-corrected chi connectivity index (χ0v) is 11.9. The Hall–Kier alpha value is -1.29. The van der Waals surface area contributed by atoms with E-state index in [1.165, 1.54) is 0 Å². The van der Waals surface area contributed by atoms with Crippen molar-refractivity contribution in [3.8, 4) is 0 Å². The topological polar surface area (TPSA) is 42.2 Å². The molecular weight excluding hydrogens is 294 g/mol. The van der Waals surface area contributed by atoms with Crippen LogP contribution < -0.4 is 5.32 Å². The smallest absolute Gasteiger partial charge is 0.287 e. The van der Waals surface area contributed by atoms with Gasteiger partial charge in [-0.3, -0.25) is 4.79 Å². The van der Waals surface area contributed by atoms with Crippen molar-refractivity contribution in [2.75, 3.05) is 11.9 Å². The molecule has 1 aromatic carbocycles. The molecule has 2 rings (SSSR count). The van der Waals surface area contributed by atoms with Crippen molar-refractivity contribution in [2.24, 2.45) is 5.92 Å². The van der Waals surface area contributed by atoms with Crippen LogP contribution in [0.3, 0.4) is 0 Å². The van der Waals surface area contributed by atoms with Gasteiger partial charge in [0, 0.05) is 17.3 Å². The standard InChI is InChI=1S/C14H16BrNO2/c1-10(6-7-15)9-16-14(17)13-8-11-4-2-3-5-12(11)18-13/h2-5,8,10H,6-7,9H2,1H3,(H,16,17). The Morgan fingerprint density at radius 3 is 2.94 bits per heavy atom. The number of hydrogen-bond donors (Lipinski definition) is 1. The molecule has 2 aromatic rings.